The predicted octanol–water partition coefficient (Wildman–Crippen LogP) is 2.89. The van der Waals surface area contributed by atoms with Crippen LogP contribution in [0, 0.1) is 0 Å². The minimum Gasteiger partial charge on any atom is -0.351 e. The van der Waals surface area contributed by atoms with Crippen LogP contribution in [0.15, 0.2) is 42.7 Å². The summed E-state index contributed by atoms with van der Waals surface area (Å²) in [4.78, 5) is 14.7. The van der Waals surface area contributed by atoms with E-state index in [1.165, 1.54) is 0 Å². The number of nitrogens with two attached hydrogens (primary N) is 1. The molecular formula is C12H10ClN3O. The molecule has 2 amide bonds. The second-order valence-corrected chi connectivity index (χ2v) is 3.77. The van der Waals surface area contributed by atoms with Crippen LogP contribution in [0.1, 0.15) is 0 Å². The molecular weight excluding hydrogens is 238 g/mol. The number of hydrogen-bond donors (Lipinski definition) is 2. The van der Waals surface area contributed by atoms with Crippen LogP contribution in [-0.2, 0) is 0 Å². The fraction of sp³-hybridized carbons (Fsp3) is 0. The fourth-order valence-corrected chi connectivity index (χ4v) is 1.80. The molecule has 2 aromatic rings. The molecule has 0 aliphatic rings. The van der Waals surface area contributed by atoms with Gasteiger partial charge in [-0.1, -0.05) is 23.7 Å². The summed E-state index contributed by atoms with van der Waals surface area (Å²) in [6.07, 6.45) is 3.36. The third-order valence-corrected chi connectivity index (χ3v) is 2.66. The Labute approximate surface area is 103 Å². The molecule has 3 N–H and O–H groups in total. The summed E-state index contributed by atoms with van der Waals surface area (Å²) >= 11 is 6.20. The Kier molecular flexibility index (Phi) is 3.25. The Morgan fingerprint density at radius 3 is 2.59 bits per heavy atom. The summed E-state index contributed by atoms with van der Waals surface area (Å²) in [5.74, 6) is 0. The van der Waals surface area contributed by atoms with E-state index in [1.54, 1.807) is 24.5 Å². The van der Waals surface area contributed by atoms with E-state index in [4.69, 9.17) is 17.3 Å². The lowest BCUT2D eigenvalue weighted by atomic mass is 10.1. The largest absolute Gasteiger partial charge is 0.351 e. The predicted molar refractivity (Wildman–Crippen MR) is 67.9 cm³/mol. The normalized spacial score (nSPS) is 9.94. The molecule has 0 fully saturated rings. The van der Waals surface area contributed by atoms with Crippen molar-refractivity contribution in [2.75, 3.05) is 5.32 Å². The molecule has 2 rings (SSSR count). The van der Waals surface area contributed by atoms with E-state index in [9.17, 15) is 4.79 Å². The Morgan fingerprint density at radius 1 is 1.24 bits per heavy atom. The number of carbonyl (C=O) groups excluding carboxylic acids is 1. The van der Waals surface area contributed by atoms with Gasteiger partial charge in [0.05, 0.1) is 10.7 Å². The number of nitrogens with zero attached hydrogens (tertiary/aromatic N) is 1. The van der Waals surface area contributed by atoms with Crippen molar-refractivity contribution in [3.05, 3.63) is 47.7 Å². The highest BCUT2D eigenvalue weighted by Crippen LogP contribution is 2.33. The molecule has 17 heavy (non-hydrogen) atoms. The Bertz CT molecular complexity index is 543. The van der Waals surface area contributed by atoms with Crippen molar-refractivity contribution < 1.29 is 4.79 Å². The van der Waals surface area contributed by atoms with Gasteiger partial charge in [0.25, 0.3) is 0 Å². The molecule has 0 spiro atoms. The van der Waals surface area contributed by atoms with Gasteiger partial charge in [-0.3, -0.25) is 4.98 Å². The van der Waals surface area contributed by atoms with E-state index < -0.39 is 6.03 Å². The summed E-state index contributed by atoms with van der Waals surface area (Å²) in [6, 6.07) is 8.40. The average Bonchev–Trinajstić information content (AvgIpc) is 2.32. The molecule has 0 saturated carbocycles. The molecule has 4 nitrogen and oxygen atoms in total. The zero-order chi connectivity index (χ0) is 12.3. The first-order chi connectivity index (χ1) is 8.18. The number of benzene rings is 1. The van der Waals surface area contributed by atoms with Gasteiger partial charge in [-0.15, -0.1) is 0 Å². The third-order valence-electron chi connectivity index (χ3n) is 2.25. The van der Waals surface area contributed by atoms with Crippen molar-refractivity contribution in [3.8, 4) is 11.1 Å². The number of hydrogen-bond acceptors (Lipinski definition) is 2. The van der Waals surface area contributed by atoms with E-state index in [-0.39, 0.29) is 0 Å². The van der Waals surface area contributed by atoms with Crippen molar-refractivity contribution in [1.29, 1.82) is 0 Å². The van der Waals surface area contributed by atoms with Gasteiger partial charge in [-0.05, 0) is 23.8 Å². The molecule has 86 valence electrons. The number of amides is 2. The lowest BCUT2D eigenvalue weighted by Crippen LogP contribution is -2.19. The zero-order valence-corrected chi connectivity index (χ0v) is 9.61. The van der Waals surface area contributed by atoms with Crippen LogP contribution < -0.4 is 11.1 Å². The number of nitrogens with one attached hydrogen (secondary N) is 1. The SMILES string of the molecule is NC(=O)Nc1cccc(-c2ccncc2)c1Cl. The summed E-state index contributed by atoms with van der Waals surface area (Å²) in [7, 11) is 0. The van der Waals surface area contributed by atoms with Crippen LogP contribution in [-0.4, -0.2) is 11.0 Å². The monoisotopic (exact) mass is 247 g/mol. The smallest absolute Gasteiger partial charge is 0.316 e. The standard InChI is InChI=1S/C12H10ClN3O/c13-11-9(8-4-6-15-7-5-8)2-1-3-10(11)16-12(14)17/h1-7H,(H3,14,16,17). The first-order valence-corrected chi connectivity index (χ1v) is 5.31. The van der Waals surface area contributed by atoms with Gasteiger partial charge in [0.15, 0.2) is 0 Å². The van der Waals surface area contributed by atoms with Gasteiger partial charge >= 0.3 is 6.03 Å². The second-order valence-electron chi connectivity index (χ2n) is 3.39. The quantitative estimate of drug-likeness (QED) is 0.857. The highest BCUT2D eigenvalue weighted by Gasteiger charge is 2.08. The molecule has 0 atom stereocenters. The van der Waals surface area contributed by atoms with E-state index in [0.29, 0.717) is 10.7 Å². The highest BCUT2D eigenvalue weighted by atomic mass is 35.5. The molecule has 1 aromatic heterocycles. The number of aromatic nitrogens is 1. The maximum atomic E-state index is 10.8. The summed E-state index contributed by atoms with van der Waals surface area (Å²) in [6.45, 7) is 0. The number of rotatable bonds is 2. The zero-order valence-electron chi connectivity index (χ0n) is 8.85. The minimum absolute atomic E-state index is 0.456. The third kappa shape index (κ3) is 2.54. The van der Waals surface area contributed by atoms with E-state index in [1.807, 2.05) is 18.2 Å². The minimum atomic E-state index is -0.640. The highest BCUT2D eigenvalue weighted by molar-refractivity contribution is 6.36. The topological polar surface area (TPSA) is 68.0 Å². The van der Waals surface area contributed by atoms with Gasteiger partial charge in [0, 0.05) is 18.0 Å². The van der Waals surface area contributed by atoms with Gasteiger partial charge < -0.3 is 11.1 Å². The van der Waals surface area contributed by atoms with Crippen molar-refractivity contribution >= 4 is 23.3 Å². The van der Waals surface area contributed by atoms with Crippen molar-refractivity contribution in [2.24, 2.45) is 5.73 Å². The van der Waals surface area contributed by atoms with Crippen LogP contribution >= 0.6 is 11.6 Å². The first-order valence-electron chi connectivity index (χ1n) is 4.94. The number of anilines is 1. The molecule has 5 heteroatoms. The van der Waals surface area contributed by atoms with Crippen molar-refractivity contribution in [3.63, 3.8) is 0 Å². The molecule has 0 aliphatic carbocycles. The Balaban J connectivity index is 2.46. The van der Waals surface area contributed by atoms with Crippen LogP contribution in [0.4, 0.5) is 10.5 Å². The second kappa shape index (κ2) is 4.84. The first kappa shape index (κ1) is 11.4. The van der Waals surface area contributed by atoms with E-state index in [0.717, 1.165) is 11.1 Å². The van der Waals surface area contributed by atoms with Gasteiger partial charge in [-0.2, -0.15) is 0 Å². The molecule has 0 aliphatic heterocycles. The molecule has 0 radical (unpaired) electrons. The molecule has 1 heterocycles. The lowest BCUT2D eigenvalue weighted by Gasteiger charge is -2.09. The summed E-state index contributed by atoms with van der Waals surface area (Å²) < 4.78 is 0. The van der Waals surface area contributed by atoms with E-state index in [2.05, 4.69) is 10.3 Å². The number of urea groups is 1. The molecule has 1 aromatic carbocycles. The van der Waals surface area contributed by atoms with Gasteiger partial charge in [0.2, 0.25) is 0 Å². The van der Waals surface area contributed by atoms with Crippen LogP contribution in [0.5, 0.6) is 0 Å². The van der Waals surface area contributed by atoms with Crippen LogP contribution in [0.2, 0.25) is 5.02 Å². The maximum absolute atomic E-state index is 10.8. The number of pyridine rings is 1. The number of carbonyl (C=O) groups is 1. The number of halogens is 1. The fourth-order valence-electron chi connectivity index (χ4n) is 1.52. The maximum Gasteiger partial charge on any atom is 0.316 e. The van der Waals surface area contributed by atoms with Gasteiger partial charge in [0.1, 0.15) is 0 Å². The van der Waals surface area contributed by atoms with Crippen molar-refractivity contribution in [1.82, 2.24) is 4.98 Å². The average molecular weight is 248 g/mol. The summed E-state index contributed by atoms with van der Waals surface area (Å²) in [5.41, 5.74) is 7.31. The van der Waals surface area contributed by atoms with E-state index >= 15 is 0 Å². The Morgan fingerprint density at radius 2 is 1.94 bits per heavy atom. The van der Waals surface area contributed by atoms with Crippen LogP contribution in [0.25, 0.3) is 11.1 Å². The summed E-state index contributed by atoms with van der Waals surface area (Å²) in [5, 5.41) is 2.93. The van der Waals surface area contributed by atoms with Crippen molar-refractivity contribution in [2.45, 2.75) is 0 Å². The Hall–Kier alpha value is -2.07. The van der Waals surface area contributed by atoms with Gasteiger partial charge in [-0.25, -0.2) is 4.79 Å². The molecule has 0 bridgehead atoms. The lowest BCUT2D eigenvalue weighted by molar-refractivity contribution is 0.259. The molecule has 0 saturated heterocycles. The molecule has 0 unspecified atom stereocenters. The van der Waals surface area contributed by atoms with Crippen LogP contribution in [0.3, 0.4) is 0 Å². The number of primary amides is 1.